The lowest BCUT2D eigenvalue weighted by molar-refractivity contribution is -0.143. The molecule has 0 aromatic carbocycles. The molecule has 1 unspecified atom stereocenters. The average molecular weight is 241 g/mol. The fraction of sp³-hybridized carbons (Fsp3) is 0.667. The third kappa shape index (κ3) is 5.30. The molecule has 0 aromatic rings. The van der Waals surface area contributed by atoms with E-state index in [0.717, 1.165) is 0 Å². The highest BCUT2D eigenvalue weighted by Crippen LogP contribution is 2.13. The van der Waals surface area contributed by atoms with Gasteiger partial charge in [0.25, 0.3) is 10.1 Å². The molecule has 8 nitrogen and oxygen atoms in total. The van der Waals surface area contributed by atoms with Gasteiger partial charge >= 0.3 is 11.9 Å². The summed E-state index contributed by atoms with van der Waals surface area (Å²) < 4.78 is 29.4. The van der Waals surface area contributed by atoms with Gasteiger partial charge in [-0.05, 0) is 6.42 Å². The van der Waals surface area contributed by atoms with Gasteiger partial charge in [0.15, 0.2) is 0 Å². The minimum atomic E-state index is -4.57. The van der Waals surface area contributed by atoms with Gasteiger partial charge in [0, 0.05) is 6.42 Å². The monoisotopic (exact) mass is 241 g/mol. The van der Waals surface area contributed by atoms with E-state index in [0.29, 0.717) is 0 Å². The lowest BCUT2D eigenvalue weighted by Crippen LogP contribution is -2.53. The molecule has 88 valence electrons. The van der Waals surface area contributed by atoms with Crippen molar-refractivity contribution < 1.29 is 32.8 Å². The largest absolute Gasteiger partial charge is 0.481 e. The van der Waals surface area contributed by atoms with Crippen molar-refractivity contribution in [1.82, 2.24) is 0 Å². The van der Waals surface area contributed by atoms with Gasteiger partial charge in [0.05, 0.1) is 0 Å². The van der Waals surface area contributed by atoms with Crippen LogP contribution in [0.3, 0.4) is 0 Å². The van der Waals surface area contributed by atoms with Crippen LogP contribution < -0.4 is 5.73 Å². The number of aliphatic carboxylic acids is 2. The van der Waals surface area contributed by atoms with Crippen LogP contribution in [0, 0.1) is 0 Å². The van der Waals surface area contributed by atoms with Crippen LogP contribution in [-0.4, -0.2) is 46.4 Å². The van der Waals surface area contributed by atoms with E-state index in [9.17, 15) is 18.0 Å². The molecule has 0 aliphatic carbocycles. The molecule has 15 heavy (non-hydrogen) atoms. The van der Waals surface area contributed by atoms with E-state index in [1.54, 1.807) is 0 Å². The Balaban J connectivity index is 4.75. The van der Waals surface area contributed by atoms with Gasteiger partial charge in [-0.15, -0.1) is 0 Å². The molecule has 0 bridgehead atoms. The first-order valence-corrected chi connectivity index (χ1v) is 5.37. The average Bonchev–Trinajstić information content (AvgIpc) is 1.97. The Hall–Kier alpha value is -1.19. The number of carbonyl (C=O) groups is 2. The summed E-state index contributed by atoms with van der Waals surface area (Å²) in [6.45, 7) is 0. The summed E-state index contributed by atoms with van der Waals surface area (Å²) in [4.78, 5) is 20.8. The van der Waals surface area contributed by atoms with E-state index in [2.05, 4.69) is 0 Å². The van der Waals surface area contributed by atoms with Gasteiger partial charge in [0.1, 0.15) is 11.3 Å². The topological polar surface area (TPSA) is 155 Å². The maximum atomic E-state index is 10.6. The standard InChI is InChI=1S/C6H11NO7S/c7-6(5(10)11,2-1-4(8)9)3-15(12,13)14/h1-3,7H2,(H,8,9)(H,10,11)(H,12,13,14). The maximum Gasteiger partial charge on any atom is 0.324 e. The van der Waals surface area contributed by atoms with Crippen LogP contribution >= 0.6 is 0 Å². The molecule has 0 aliphatic heterocycles. The van der Waals surface area contributed by atoms with E-state index < -0.39 is 46.2 Å². The minimum absolute atomic E-state index is 0.586. The fourth-order valence-electron chi connectivity index (χ4n) is 0.896. The molecule has 0 spiro atoms. The van der Waals surface area contributed by atoms with Crippen molar-refractivity contribution >= 4 is 22.1 Å². The number of nitrogens with two attached hydrogens (primary N) is 1. The Morgan fingerprint density at radius 2 is 1.73 bits per heavy atom. The molecule has 0 aliphatic rings. The summed E-state index contributed by atoms with van der Waals surface area (Å²) in [6, 6.07) is 0. The zero-order valence-corrected chi connectivity index (χ0v) is 8.40. The lowest BCUT2D eigenvalue weighted by Gasteiger charge is -2.21. The second-order valence-electron chi connectivity index (χ2n) is 3.08. The van der Waals surface area contributed by atoms with Crippen molar-refractivity contribution in [1.29, 1.82) is 0 Å². The summed E-state index contributed by atoms with van der Waals surface area (Å²) >= 11 is 0. The molecular weight excluding hydrogens is 230 g/mol. The van der Waals surface area contributed by atoms with Gasteiger partial charge in [0.2, 0.25) is 0 Å². The van der Waals surface area contributed by atoms with Crippen molar-refractivity contribution in [3.05, 3.63) is 0 Å². The van der Waals surface area contributed by atoms with Crippen LogP contribution in [0.2, 0.25) is 0 Å². The third-order valence-corrected chi connectivity index (χ3v) is 2.53. The van der Waals surface area contributed by atoms with E-state index in [-0.39, 0.29) is 0 Å². The van der Waals surface area contributed by atoms with Crippen LogP contribution in [0.4, 0.5) is 0 Å². The number of carboxylic acid groups (broad SMARTS) is 2. The molecule has 0 radical (unpaired) electrons. The van der Waals surface area contributed by atoms with Gasteiger partial charge < -0.3 is 15.9 Å². The van der Waals surface area contributed by atoms with Gasteiger partial charge in [-0.2, -0.15) is 8.42 Å². The molecule has 0 fully saturated rings. The summed E-state index contributed by atoms with van der Waals surface area (Å²) in [6.07, 6.45) is -1.18. The summed E-state index contributed by atoms with van der Waals surface area (Å²) in [5.41, 5.74) is 2.89. The predicted molar refractivity (Wildman–Crippen MR) is 47.8 cm³/mol. The second-order valence-corrected chi connectivity index (χ2v) is 4.53. The van der Waals surface area contributed by atoms with Crippen LogP contribution in [0.25, 0.3) is 0 Å². The summed E-state index contributed by atoms with van der Waals surface area (Å²) in [7, 11) is -4.57. The molecule has 9 heteroatoms. The van der Waals surface area contributed by atoms with Gasteiger partial charge in [-0.1, -0.05) is 0 Å². The molecule has 0 heterocycles. The summed E-state index contributed by atoms with van der Waals surface area (Å²) in [5, 5.41) is 16.9. The SMILES string of the molecule is NC(CCC(=O)O)(CS(=O)(=O)O)C(=O)O. The van der Waals surface area contributed by atoms with Crippen molar-refractivity contribution in [2.45, 2.75) is 18.4 Å². The number of hydrogen-bond acceptors (Lipinski definition) is 5. The Morgan fingerprint density at radius 3 is 2.00 bits per heavy atom. The number of hydrogen-bond donors (Lipinski definition) is 4. The number of carboxylic acids is 2. The van der Waals surface area contributed by atoms with E-state index in [1.807, 2.05) is 0 Å². The first kappa shape index (κ1) is 13.8. The van der Waals surface area contributed by atoms with Crippen LogP contribution in [-0.2, 0) is 19.7 Å². The van der Waals surface area contributed by atoms with Crippen molar-refractivity contribution in [2.24, 2.45) is 5.73 Å². The smallest absolute Gasteiger partial charge is 0.324 e. The fourth-order valence-corrected chi connectivity index (χ4v) is 1.82. The Bertz CT molecular complexity index is 362. The third-order valence-electron chi connectivity index (χ3n) is 1.65. The highest BCUT2D eigenvalue weighted by atomic mass is 32.2. The van der Waals surface area contributed by atoms with Gasteiger partial charge in [-0.25, -0.2) is 0 Å². The first-order valence-electron chi connectivity index (χ1n) is 3.76. The molecular formula is C6H11NO7S. The maximum absolute atomic E-state index is 10.6. The van der Waals surface area contributed by atoms with Crippen molar-refractivity contribution in [3.8, 4) is 0 Å². The molecule has 1 atom stereocenters. The zero-order valence-electron chi connectivity index (χ0n) is 7.58. The zero-order chi connectivity index (χ0) is 12.3. The lowest BCUT2D eigenvalue weighted by atomic mass is 9.97. The van der Waals surface area contributed by atoms with Crippen molar-refractivity contribution in [3.63, 3.8) is 0 Å². The number of rotatable bonds is 6. The summed E-state index contributed by atoms with van der Waals surface area (Å²) in [5.74, 6) is -4.20. The molecule has 0 saturated carbocycles. The Morgan fingerprint density at radius 1 is 1.27 bits per heavy atom. The molecule has 0 aromatic heterocycles. The predicted octanol–water partition coefficient (Wildman–Crippen LogP) is -1.48. The van der Waals surface area contributed by atoms with Crippen LogP contribution in [0.5, 0.6) is 0 Å². The molecule has 0 amide bonds. The first-order chi connectivity index (χ1) is 6.57. The minimum Gasteiger partial charge on any atom is -0.481 e. The van der Waals surface area contributed by atoms with Crippen molar-refractivity contribution in [2.75, 3.05) is 5.75 Å². The van der Waals surface area contributed by atoms with Crippen LogP contribution in [0.15, 0.2) is 0 Å². The van der Waals surface area contributed by atoms with Crippen LogP contribution in [0.1, 0.15) is 12.8 Å². The molecule has 0 saturated heterocycles. The van der Waals surface area contributed by atoms with E-state index >= 15 is 0 Å². The second kappa shape index (κ2) is 4.55. The van der Waals surface area contributed by atoms with Gasteiger partial charge in [-0.3, -0.25) is 14.1 Å². The highest BCUT2D eigenvalue weighted by Gasteiger charge is 2.38. The highest BCUT2D eigenvalue weighted by molar-refractivity contribution is 7.85. The van der Waals surface area contributed by atoms with E-state index in [4.69, 9.17) is 20.5 Å². The normalized spacial score (nSPS) is 15.6. The van der Waals surface area contributed by atoms with E-state index in [1.165, 1.54) is 0 Å². The molecule has 5 N–H and O–H groups in total. The Kier molecular flexibility index (Phi) is 4.19. The molecule has 0 rings (SSSR count). The Labute approximate surface area is 85.4 Å². The quantitative estimate of drug-likeness (QED) is 0.410.